The molecule has 0 saturated carbocycles. The zero-order valence-corrected chi connectivity index (χ0v) is 25.1. The number of guanidine groups is 1. The summed E-state index contributed by atoms with van der Waals surface area (Å²) in [4.78, 5) is 47.9. The monoisotopic (exact) mass is 600 g/mol. The number of furan rings is 1. The van der Waals surface area contributed by atoms with Gasteiger partial charge in [0.05, 0.1) is 12.8 Å². The van der Waals surface area contributed by atoms with Crippen LogP contribution in [0.25, 0.3) is 11.0 Å². The van der Waals surface area contributed by atoms with Crippen molar-refractivity contribution in [2.45, 2.75) is 57.9 Å². The number of aryl methyl sites for hydroxylation is 1. The molecular weight excluding hydrogens is 560 g/mol. The van der Waals surface area contributed by atoms with E-state index in [1.165, 1.54) is 10.6 Å². The molecule has 5 rings (SSSR count). The lowest BCUT2D eigenvalue weighted by molar-refractivity contribution is -0.140. The highest BCUT2D eigenvalue weighted by molar-refractivity contribution is 7.88. The van der Waals surface area contributed by atoms with Crippen LogP contribution in [0.2, 0.25) is 0 Å². The van der Waals surface area contributed by atoms with Gasteiger partial charge in [-0.15, -0.1) is 0 Å². The fourth-order valence-corrected chi connectivity index (χ4v) is 6.78. The largest absolute Gasteiger partial charge is 0.461 e. The van der Waals surface area contributed by atoms with Crippen LogP contribution in [0.4, 0.5) is 5.69 Å². The van der Waals surface area contributed by atoms with Gasteiger partial charge in [-0.1, -0.05) is 0 Å². The third-order valence-electron chi connectivity index (χ3n) is 8.26. The first-order valence-corrected chi connectivity index (χ1v) is 16.6. The van der Waals surface area contributed by atoms with Crippen LogP contribution >= 0.6 is 0 Å². The predicted octanol–water partition coefficient (Wildman–Crippen LogP) is 2.30. The first-order valence-electron chi connectivity index (χ1n) is 14.7. The number of hydrogen-bond acceptors (Lipinski definition) is 7. The molecule has 12 nitrogen and oxygen atoms in total. The molecule has 3 saturated heterocycles. The maximum absolute atomic E-state index is 13.6. The summed E-state index contributed by atoms with van der Waals surface area (Å²) in [5.41, 5.74) is 1.40. The van der Waals surface area contributed by atoms with Crippen LogP contribution in [-0.4, -0.2) is 97.8 Å². The summed E-state index contributed by atoms with van der Waals surface area (Å²) in [7, 11) is -3.31. The Morgan fingerprint density at radius 3 is 2.43 bits per heavy atom. The van der Waals surface area contributed by atoms with Crippen molar-refractivity contribution in [1.82, 2.24) is 19.4 Å². The van der Waals surface area contributed by atoms with Crippen LogP contribution in [0.3, 0.4) is 0 Å². The SMILES string of the molecule is Cc1cc2cc(NC(=N[C@H]3CCCCN(CC(=O)N4CCCC4)C3=O)NC(=O)C3CCN(S(C)(=O)=O)CC3)ccc2o1. The van der Waals surface area contributed by atoms with Crippen LogP contribution in [0.5, 0.6) is 0 Å². The van der Waals surface area contributed by atoms with Crippen molar-refractivity contribution in [2.24, 2.45) is 10.9 Å². The number of benzene rings is 1. The van der Waals surface area contributed by atoms with Crippen molar-refractivity contribution >= 4 is 50.4 Å². The van der Waals surface area contributed by atoms with Crippen molar-refractivity contribution in [3.05, 3.63) is 30.0 Å². The minimum absolute atomic E-state index is 0.0371. The molecule has 2 N–H and O–H groups in total. The van der Waals surface area contributed by atoms with Gasteiger partial charge in [0.25, 0.3) is 0 Å². The highest BCUT2D eigenvalue weighted by Crippen LogP contribution is 2.24. The van der Waals surface area contributed by atoms with Gasteiger partial charge in [0.2, 0.25) is 33.7 Å². The molecule has 4 heterocycles. The van der Waals surface area contributed by atoms with Crippen LogP contribution in [0.15, 0.2) is 33.7 Å². The molecule has 1 aromatic carbocycles. The van der Waals surface area contributed by atoms with Crippen molar-refractivity contribution in [3.8, 4) is 0 Å². The molecule has 42 heavy (non-hydrogen) atoms. The number of anilines is 1. The summed E-state index contributed by atoms with van der Waals surface area (Å²) in [6, 6.07) is 6.68. The molecule has 228 valence electrons. The van der Waals surface area contributed by atoms with Gasteiger partial charge in [0, 0.05) is 49.7 Å². The fraction of sp³-hybridized carbons (Fsp3) is 0.586. The van der Waals surface area contributed by atoms with Crippen molar-refractivity contribution < 1.29 is 27.2 Å². The van der Waals surface area contributed by atoms with E-state index in [0.29, 0.717) is 31.5 Å². The van der Waals surface area contributed by atoms with Gasteiger partial charge in [0.15, 0.2) is 0 Å². The number of likely N-dealkylation sites (tertiary alicyclic amines) is 2. The Bertz CT molecular complexity index is 1460. The average Bonchev–Trinajstić information content (AvgIpc) is 3.58. The van der Waals surface area contributed by atoms with Crippen LogP contribution < -0.4 is 10.6 Å². The smallest absolute Gasteiger partial charge is 0.247 e. The lowest BCUT2D eigenvalue weighted by Crippen LogP contribution is -2.47. The summed E-state index contributed by atoms with van der Waals surface area (Å²) in [6.07, 6.45) is 5.96. The minimum atomic E-state index is -3.31. The van der Waals surface area contributed by atoms with Gasteiger partial charge >= 0.3 is 0 Å². The maximum Gasteiger partial charge on any atom is 0.247 e. The molecule has 2 aromatic rings. The maximum atomic E-state index is 13.6. The molecular formula is C29H40N6O6S. The molecule has 13 heteroatoms. The third kappa shape index (κ3) is 7.30. The van der Waals surface area contributed by atoms with Gasteiger partial charge in [-0.05, 0) is 76.1 Å². The quantitative estimate of drug-likeness (QED) is 0.382. The van der Waals surface area contributed by atoms with E-state index in [2.05, 4.69) is 10.6 Å². The molecule has 0 aliphatic carbocycles. The van der Waals surface area contributed by atoms with E-state index in [9.17, 15) is 22.8 Å². The van der Waals surface area contributed by atoms with E-state index in [-0.39, 0.29) is 43.3 Å². The number of amides is 3. The third-order valence-corrected chi connectivity index (χ3v) is 9.56. The highest BCUT2D eigenvalue weighted by atomic mass is 32.2. The van der Waals surface area contributed by atoms with Gasteiger partial charge in [-0.25, -0.2) is 17.7 Å². The van der Waals surface area contributed by atoms with E-state index in [1.807, 2.05) is 36.1 Å². The van der Waals surface area contributed by atoms with Crippen molar-refractivity contribution in [3.63, 3.8) is 0 Å². The van der Waals surface area contributed by atoms with Gasteiger partial charge in [0.1, 0.15) is 17.4 Å². The predicted molar refractivity (Wildman–Crippen MR) is 159 cm³/mol. The molecule has 1 atom stereocenters. The molecule has 3 aliphatic rings. The number of nitrogens with one attached hydrogen (secondary N) is 2. The Balaban J connectivity index is 1.35. The average molecular weight is 601 g/mol. The summed E-state index contributed by atoms with van der Waals surface area (Å²) in [6.45, 7) is 4.40. The first kappa shape index (κ1) is 30.0. The number of hydrogen-bond donors (Lipinski definition) is 2. The van der Waals surface area contributed by atoms with E-state index >= 15 is 0 Å². The van der Waals surface area contributed by atoms with Crippen LogP contribution in [0.1, 0.15) is 50.7 Å². The zero-order valence-electron chi connectivity index (χ0n) is 24.3. The molecule has 0 radical (unpaired) electrons. The Hall–Kier alpha value is -3.45. The summed E-state index contributed by atoms with van der Waals surface area (Å²) in [5.74, 6) is -0.0176. The number of fused-ring (bicyclic) bond motifs is 1. The van der Waals surface area contributed by atoms with Gasteiger partial charge < -0.3 is 19.5 Å². The van der Waals surface area contributed by atoms with E-state index in [1.54, 1.807) is 4.90 Å². The Labute approximate surface area is 246 Å². The second-order valence-electron chi connectivity index (χ2n) is 11.5. The normalized spacial score (nSPS) is 21.5. The Kier molecular flexibility index (Phi) is 9.16. The number of carbonyl (C=O) groups excluding carboxylic acids is 3. The van der Waals surface area contributed by atoms with Crippen molar-refractivity contribution in [1.29, 1.82) is 0 Å². The summed E-state index contributed by atoms with van der Waals surface area (Å²) in [5, 5.41) is 6.97. The number of carbonyl (C=O) groups is 3. The zero-order chi connectivity index (χ0) is 29.9. The second kappa shape index (κ2) is 12.8. The summed E-state index contributed by atoms with van der Waals surface area (Å²) >= 11 is 0. The lowest BCUT2D eigenvalue weighted by atomic mass is 9.97. The summed E-state index contributed by atoms with van der Waals surface area (Å²) < 4.78 is 30.9. The van der Waals surface area contributed by atoms with Gasteiger partial charge in [-0.2, -0.15) is 0 Å². The first-order chi connectivity index (χ1) is 20.1. The molecule has 0 unspecified atom stereocenters. The molecule has 0 spiro atoms. The molecule has 0 bridgehead atoms. The highest BCUT2D eigenvalue weighted by Gasteiger charge is 2.32. The van der Waals surface area contributed by atoms with Gasteiger partial charge in [-0.3, -0.25) is 19.7 Å². The molecule has 3 amide bonds. The van der Waals surface area contributed by atoms with Crippen molar-refractivity contribution in [2.75, 3.05) is 50.8 Å². The Morgan fingerprint density at radius 2 is 1.71 bits per heavy atom. The number of piperidine rings is 1. The number of nitrogens with zero attached hydrogens (tertiary/aromatic N) is 4. The van der Waals surface area contributed by atoms with Crippen LogP contribution in [0, 0.1) is 12.8 Å². The standard InChI is InChI=1S/C29H40N6O6S/c1-20-17-22-18-23(8-9-25(22)41-20)30-29(32-27(37)21-10-15-35(16-11-21)42(2,39)40)31-24-7-3-4-14-34(28(24)38)19-26(36)33-12-5-6-13-33/h8-9,17-18,21,24H,3-7,10-16,19H2,1-2H3,(H2,30,31,32,37)/t24-/m0/s1. The minimum Gasteiger partial charge on any atom is -0.461 e. The molecule has 1 aromatic heterocycles. The van der Waals surface area contributed by atoms with E-state index in [4.69, 9.17) is 9.41 Å². The Morgan fingerprint density at radius 1 is 1.00 bits per heavy atom. The topological polar surface area (TPSA) is 145 Å². The number of sulfonamides is 1. The fourth-order valence-electron chi connectivity index (χ4n) is 5.90. The van der Waals surface area contributed by atoms with E-state index in [0.717, 1.165) is 55.5 Å². The second-order valence-corrected chi connectivity index (χ2v) is 13.5. The molecule has 3 aliphatic heterocycles. The van der Waals surface area contributed by atoms with Crippen LogP contribution in [-0.2, 0) is 24.4 Å². The molecule has 3 fully saturated rings. The van der Waals surface area contributed by atoms with E-state index < -0.39 is 22.0 Å². The number of rotatable bonds is 6. The lowest BCUT2D eigenvalue weighted by Gasteiger charge is -2.29. The number of aliphatic imine (C=N–C) groups is 1.